The molecule has 0 spiro atoms. The van der Waals surface area contributed by atoms with Crippen LogP contribution < -0.4 is 16.3 Å². The number of nitrogens with one attached hydrogen (secondary N) is 2. The van der Waals surface area contributed by atoms with Crippen molar-refractivity contribution in [3.05, 3.63) is 35.4 Å². The van der Waals surface area contributed by atoms with Gasteiger partial charge in [0.25, 0.3) is 0 Å². The maximum absolute atomic E-state index is 5.24. The van der Waals surface area contributed by atoms with Gasteiger partial charge >= 0.3 is 0 Å². The predicted molar refractivity (Wildman–Crippen MR) is 61.9 cm³/mol. The second kappa shape index (κ2) is 5.34. The highest BCUT2D eigenvalue weighted by Gasteiger charge is 1.92. The topological polar surface area (TPSA) is 52.0 Å². The fourth-order valence-corrected chi connectivity index (χ4v) is 1.10. The minimum Gasteiger partial charge on any atom is -0.372 e. The Hall–Kier alpha value is -1.42. The molecule has 0 heterocycles. The zero-order valence-electron chi connectivity index (χ0n) is 8.08. The summed E-state index contributed by atoms with van der Waals surface area (Å²) in [4.78, 5) is 0. The van der Waals surface area contributed by atoms with Gasteiger partial charge in [-0.25, -0.2) is 0 Å². The smallest absolute Gasteiger partial charge is 0.221 e. The van der Waals surface area contributed by atoms with Crippen LogP contribution in [0.3, 0.4) is 0 Å². The molecule has 0 bridgehead atoms. The van der Waals surface area contributed by atoms with E-state index in [1.807, 2.05) is 12.1 Å². The van der Waals surface area contributed by atoms with Crippen LogP contribution in [0, 0.1) is 0 Å². The molecule has 0 aliphatic carbocycles. The number of rotatable bonds is 3. The molecule has 1 rings (SSSR count). The average Bonchev–Trinajstić information content (AvgIpc) is 2.18. The van der Waals surface area contributed by atoms with Gasteiger partial charge in [0.1, 0.15) is 0 Å². The van der Waals surface area contributed by atoms with Crippen LogP contribution in [0.1, 0.15) is 18.1 Å². The highest BCUT2D eigenvalue weighted by Crippen LogP contribution is 2.01. The Bertz CT molecular complexity index is 330. The fourth-order valence-electron chi connectivity index (χ4n) is 1.04. The second-order valence-electron chi connectivity index (χ2n) is 2.87. The minimum absolute atomic E-state index is 0.228. The summed E-state index contributed by atoms with van der Waals surface area (Å²) in [5.41, 5.74) is 10.3. The molecule has 0 atom stereocenters. The molecule has 0 radical (unpaired) electrons. The number of hydrazone groups is 1. The van der Waals surface area contributed by atoms with Crippen LogP contribution in [0.2, 0.25) is 0 Å². The number of hydrazine groups is 1. The van der Waals surface area contributed by atoms with Crippen LogP contribution in [0.25, 0.3) is 0 Å². The lowest BCUT2D eigenvalue weighted by Crippen LogP contribution is -2.82. The summed E-state index contributed by atoms with van der Waals surface area (Å²) in [6.07, 6.45) is 2.86. The first-order valence-corrected chi connectivity index (χ1v) is 4.86. The van der Waals surface area contributed by atoms with Crippen molar-refractivity contribution in [2.45, 2.75) is 13.3 Å². The van der Waals surface area contributed by atoms with Crippen molar-refractivity contribution in [1.82, 2.24) is 5.43 Å². The van der Waals surface area contributed by atoms with Crippen LogP contribution >= 0.6 is 12.2 Å². The van der Waals surface area contributed by atoms with Gasteiger partial charge in [0.2, 0.25) is 5.11 Å². The van der Waals surface area contributed by atoms with Crippen molar-refractivity contribution in [2.75, 3.05) is 0 Å². The van der Waals surface area contributed by atoms with Crippen LogP contribution in [0.15, 0.2) is 24.3 Å². The van der Waals surface area contributed by atoms with E-state index in [1.165, 1.54) is 5.56 Å². The van der Waals surface area contributed by atoms with Gasteiger partial charge in [-0.15, -0.1) is 10.5 Å². The molecular formula is C10H14N3S+. The molecule has 0 saturated heterocycles. The summed E-state index contributed by atoms with van der Waals surface area (Å²) in [6, 6.07) is 8.25. The lowest BCUT2D eigenvalue weighted by molar-refractivity contribution is -0.499. The maximum atomic E-state index is 5.24. The average molecular weight is 208 g/mol. The molecule has 0 amide bonds. The highest BCUT2D eigenvalue weighted by atomic mass is 32.1. The number of hydrogen-bond acceptors (Lipinski definition) is 1. The van der Waals surface area contributed by atoms with E-state index in [0.29, 0.717) is 0 Å². The standard InChI is InChI=1S/C10H13N3S/c1-2-8-3-5-9(6-4-8)7-12-13-10(11)14/h3-7H,2H2,1H3,(H3,11,13,14)/p+1. The highest BCUT2D eigenvalue weighted by molar-refractivity contribution is 7.80. The van der Waals surface area contributed by atoms with Gasteiger partial charge < -0.3 is 5.73 Å². The Labute approximate surface area is 89.0 Å². The van der Waals surface area contributed by atoms with Crippen LogP contribution in [-0.4, -0.2) is 11.3 Å². The first-order chi connectivity index (χ1) is 6.72. The fraction of sp³-hybridized carbons (Fsp3) is 0.200. The summed E-state index contributed by atoms with van der Waals surface area (Å²) in [5.74, 6) is 0. The second-order valence-corrected chi connectivity index (χ2v) is 3.31. The largest absolute Gasteiger partial charge is 0.372 e. The van der Waals surface area contributed by atoms with Gasteiger partial charge in [-0.05, 0) is 36.3 Å². The van der Waals surface area contributed by atoms with Crippen LogP contribution in [-0.2, 0) is 6.42 Å². The van der Waals surface area contributed by atoms with E-state index in [9.17, 15) is 0 Å². The lowest BCUT2D eigenvalue weighted by atomic mass is 10.1. The van der Waals surface area contributed by atoms with Crippen molar-refractivity contribution in [3.8, 4) is 0 Å². The van der Waals surface area contributed by atoms with E-state index >= 15 is 0 Å². The summed E-state index contributed by atoms with van der Waals surface area (Å²) in [6.45, 7) is 2.13. The lowest BCUT2D eigenvalue weighted by Gasteiger charge is -1.94. The molecule has 74 valence electrons. The van der Waals surface area contributed by atoms with Gasteiger partial charge in [0, 0.05) is 5.56 Å². The molecule has 14 heavy (non-hydrogen) atoms. The number of benzene rings is 1. The van der Waals surface area contributed by atoms with Gasteiger partial charge in [0.05, 0.1) is 0 Å². The summed E-state index contributed by atoms with van der Waals surface area (Å²) >= 11 is 4.63. The Kier molecular flexibility index (Phi) is 4.07. The van der Waals surface area contributed by atoms with E-state index in [-0.39, 0.29) is 5.11 Å². The first kappa shape index (κ1) is 10.7. The number of nitrogens with two attached hydrogens (primary N) is 1. The Balaban J connectivity index is 2.59. The van der Waals surface area contributed by atoms with E-state index < -0.39 is 0 Å². The SMILES string of the molecule is CCc1ccc(C=[NH+]NC(N)=S)cc1. The van der Waals surface area contributed by atoms with E-state index in [4.69, 9.17) is 5.73 Å². The zero-order chi connectivity index (χ0) is 10.4. The molecule has 0 fully saturated rings. The van der Waals surface area contributed by atoms with Crippen LogP contribution in [0.5, 0.6) is 0 Å². The minimum atomic E-state index is 0.228. The predicted octanol–water partition coefficient (Wildman–Crippen LogP) is -0.503. The van der Waals surface area contributed by atoms with Gasteiger partial charge in [-0.3, -0.25) is 0 Å². The molecular weight excluding hydrogens is 194 g/mol. The summed E-state index contributed by atoms with van der Waals surface area (Å²) in [5, 5.41) is 3.03. The van der Waals surface area contributed by atoms with E-state index in [2.05, 4.69) is 41.8 Å². The zero-order valence-corrected chi connectivity index (χ0v) is 8.90. The Morgan fingerprint density at radius 2 is 2.14 bits per heavy atom. The molecule has 1 aromatic rings. The van der Waals surface area contributed by atoms with Crippen molar-refractivity contribution in [3.63, 3.8) is 0 Å². The van der Waals surface area contributed by atoms with E-state index in [1.54, 1.807) is 6.21 Å². The van der Waals surface area contributed by atoms with Gasteiger partial charge in [-0.1, -0.05) is 19.1 Å². The van der Waals surface area contributed by atoms with Crippen molar-refractivity contribution >= 4 is 23.5 Å². The van der Waals surface area contributed by atoms with Crippen molar-refractivity contribution in [1.29, 1.82) is 0 Å². The van der Waals surface area contributed by atoms with Crippen molar-refractivity contribution < 1.29 is 5.10 Å². The molecule has 0 aliphatic rings. The molecule has 0 saturated carbocycles. The normalized spacial score (nSPS) is 10.4. The monoisotopic (exact) mass is 208 g/mol. The third-order valence-electron chi connectivity index (χ3n) is 1.82. The first-order valence-electron chi connectivity index (χ1n) is 4.45. The molecule has 4 heteroatoms. The van der Waals surface area contributed by atoms with Crippen LogP contribution in [0.4, 0.5) is 0 Å². The van der Waals surface area contributed by atoms with E-state index in [0.717, 1.165) is 12.0 Å². The summed E-state index contributed by atoms with van der Waals surface area (Å²) < 4.78 is 0. The third kappa shape index (κ3) is 3.53. The molecule has 3 nitrogen and oxygen atoms in total. The number of aryl methyl sites for hydroxylation is 1. The maximum Gasteiger partial charge on any atom is 0.221 e. The molecule has 0 aromatic heterocycles. The molecule has 0 unspecified atom stereocenters. The van der Waals surface area contributed by atoms with Gasteiger partial charge in [0.15, 0.2) is 6.21 Å². The Morgan fingerprint density at radius 3 is 2.64 bits per heavy atom. The number of thiocarbonyl (C=S) groups is 1. The Morgan fingerprint density at radius 1 is 1.50 bits per heavy atom. The molecule has 4 N–H and O–H groups in total. The third-order valence-corrected chi connectivity index (χ3v) is 1.92. The van der Waals surface area contributed by atoms with Crippen molar-refractivity contribution in [2.24, 2.45) is 5.73 Å². The number of hydrogen-bond donors (Lipinski definition) is 3. The molecule has 1 aromatic carbocycles. The quantitative estimate of drug-likeness (QED) is 0.356. The summed E-state index contributed by atoms with van der Waals surface area (Å²) in [7, 11) is 0. The van der Waals surface area contributed by atoms with Gasteiger partial charge in [-0.2, -0.15) is 0 Å². The molecule has 0 aliphatic heterocycles.